The van der Waals surface area contributed by atoms with E-state index in [-0.39, 0.29) is 31.1 Å². The van der Waals surface area contributed by atoms with Gasteiger partial charge in [0, 0.05) is 25.7 Å². The molecule has 0 aromatic carbocycles. The summed E-state index contributed by atoms with van der Waals surface area (Å²) in [6.07, 6.45) is 13.5. The number of esters is 1. The molecule has 1 N–H and O–H groups in total. The maximum absolute atomic E-state index is 14.5. The number of hydrogen-bond acceptors (Lipinski definition) is 6. The van der Waals surface area contributed by atoms with Crippen molar-refractivity contribution in [1.82, 2.24) is 9.80 Å². The fourth-order valence-electron chi connectivity index (χ4n) is 7.47. The molecule has 1 saturated carbocycles. The third-order valence-corrected chi connectivity index (χ3v) is 9.24. The number of hydrogen-bond donors (Lipinski definition) is 1. The third-order valence-electron chi connectivity index (χ3n) is 9.24. The molecule has 0 aromatic rings. The first-order chi connectivity index (χ1) is 18.3. The molecule has 0 radical (unpaired) electrons. The Morgan fingerprint density at radius 2 is 1.89 bits per heavy atom. The monoisotopic (exact) mass is 530 g/mol. The van der Waals surface area contributed by atoms with Crippen molar-refractivity contribution >= 4 is 17.8 Å². The zero-order valence-electron chi connectivity index (χ0n) is 23.1. The van der Waals surface area contributed by atoms with Crippen LogP contribution in [0, 0.1) is 11.8 Å². The molecule has 8 nitrogen and oxygen atoms in total. The fraction of sp³-hybridized carbons (Fsp3) is 0.767. The number of carbonyl (C=O) groups is 3. The Labute approximate surface area is 227 Å². The lowest BCUT2D eigenvalue weighted by molar-refractivity contribution is -0.160. The second-order valence-corrected chi connectivity index (χ2v) is 11.7. The summed E-state index contributed by atoms with van der Waals surface area (Å²) in [5, 5.41) is 9.24. The lowest BCUT2D eigenvalue weighted by atomic mass is 9.66. The number of ether oxygens (including phenoxy) is 2. The number of amides is 2. The standard InChI is InChI=1S/C30H46N2O6/c1-4-6-13-21-37-28(36)24-23-26(34)32(19-11-8-12-20-33)25(30(23)17-16-29(24,3)38-30)27(35)31(18-5-2)22-14-9-7-10-15-22/h4-5,22-25,33H,1-2,6-21H2,3H3/t23-,24+,25?,29-,30?/m0/s1. The van der Waals surface area contributed by atoms with Gasteiger partial charge in [-0.2, -0.15) is 0 Å². The van der Waals surface area contributed by atoms with Crippen molar-refractivity contribution in [2.24, 2.45) is 11.8 Å². The molecule has 3 aliphatic heterocycles. The summed E-state index contributed by atoms with van der Waals surface area (Å²) >= 11 is 0. The molecular formula is C30H46N2O6. The Hall–Kier alpha value is -2.19. The van der Waals surface area contributed by atoms with Crippen molar-refractivity contribution in [3.63, 3.8) is 0 Å². The Balaban J connectivity index is 1.65. The first kappa shape index (κ1) is 28.8. The zero-order valence-corrected chi connectivity index (χ0v) is 23.1. The first-order valence-corrected chi connectivity index (χ1v) is 14.6. The predicted octanol–water partition coefficient (Wildman–Crippen LogP) is 3.77. The highest BCUT2D eigenvalue weighted by molar-refractivity contribution is 5.98. The third kappa shape index (κ3) is 5.18. The summed E-state index contributed by atoms with van der Waals surface area (Å²) in [5.74, 6) is -2.12. The minimum Gasteiger partial charge on any atom is -0.465 e. The average molecular weight is 531 g/mol. The SMILES string of the molecule is C=CCCCOC(=O)[C@H]1[C@H]2C(=O)N(CCCCCO)C(C(=O)N(CC=C)C3CCCCC3)C23CC[C@]1(C)O3. The van der Waals surface area contributed by atoms with Crippen molar-refractivity contribution in [3.8, 4) is 0 Å². The molecule has 1 spiro atoms. The van der Waals surface area contributed by atoms with Crippen molar-refractivity contribution in [2.75, 3.05) is 26.3 Å². The second-order valence-electron chi connectivity index (χ2n) is 11.7. The van der Waals surface area contributed by atoms with Crippen molar-refractivity contribution < 1.29 is 29.0 Å². The van der Waals surface area contributed by atoms with E-state index in [2.05, 4.69) is 13.2 Å². The largest absolute Gasteiger partial charge is 0.465 e. The van der Waals surface area contributed by atoms with E-state index in [1.165, 1.54) is 6.42 Å². The number of carbonyl (C=O) groups excluding carboxylic acids is 3. The van der Waals surface area contributed by atoms with Crippen molar-refractivity contribution in [2.45, 2.75) is 107 Å². The quantitative estimate of drug-likeness (QED) is 0.209. The van der Waals surface area contributed by atoms with Gasteiger partial charge in [0.2, 0.25) is 11.8 Å². The van der Waals surface area contributed by atoms with Gasteiger partial charge in [0.25, 0.3) is 0 Å². The molecule has 3 heterocycles. The van der Waals surface area contributed by atoms with E-state index in [4.69, 9.17) is 9.47 Å². The number of rotatable bonds is 14. The first-order valence-electron chi connectivity index (χ1n) is 14.6. The van der Waals surface area contributed by atoms with E-state index in [1.54, 1.807) is 17.1 Å². The molecule has 4 aliphatic rings. The molecule has 4 rings (SSSR count). The Morgan fingerprint density at radius 3 is 2.58 bits per heavy atom. The number of allylic oxidation sites excluding steroid dienone is 1. The van der Waals surface area contributed by atoms with E-state index in [0.717, 1.165) is 38.5 Å². The van der Waals surface area contributed by atoms with E-state index in [1.807, 2.05) is 11.8 Å². The van der Waals surface area contributed by atoms with E-state index >= 15 is 0 Å². The highest BCUT2D eigenvalue weighted by atomic mass is 16.6. The molecule has 2 unspecified atom stereocenters. The van der Waals surface area contributed by atoms with Crippen LogP contribution in [0.2, 0.25) is 0 Å². The highest BCUT2D eigenvalue weighted by Crippen LogP contribution is 2.63. The normalized spacial score (nSPS) is 32.3. The summed E-state index contributed by atoms with van der Waals surface area (Å²) in [7, 11) is 0. The predicted molar refractivity (Wildman–Crippen MR) is 144 cm³/mol. The van der Waals surface area contributed by atoms with Gasteiger partial charge in [0.15, 0.2) is 0 Å². The maximum atomic E-state index is 14.5. The number of unbranched alkanes of at least 4 members (excludes halogenated alkanes) is 3. The van der Waals surface area contributed by atoms with Gasteiger partial charge >= 0.3 is 5.97 Å². The molecule has 3 saturated heterocycles. The highest BCUT2D eigenvalue weighted by Gasteiger charge is 2.78. The second kappa shape index (κ2) is 12.3. The number of likely N-dealkylation sites (tertiary alicyclic amines) is 1. The van der Waals surface area contributed by atoms with Crippen LogP contribution in [0.4, 0.5) is 0 Å². The number of fused-ring (bicyclic) bond motifs is 1. The van der Waals surface area contributed by atoms with Crippen LogP contribution in [0.5, 0.6) is 0 Å². The smallest absolute Gasteiger partial charge is 0.312 e. The molecule has 212 valence electrons. The van der Waals surface area contributed by atoms with E-state index in [0.29, 0.717) is 45.2 Å². The minimum absolute atomic E-state index is 0.0842. The Bertz CT molecular complexity index is 901. The molecule has 8 heteroatoms. The summed E-state index contributed by atoms with van der Waals surface area (Å²) in [6, 6.07) is -0.646. The molecule has 2 bridgehead atoms. The molecule has 2 amide bonds. The van der Waals surface area contributed by atoms with Crippen LogP contribution in [-0.2, 0) is 23.9 Å². The van der Waals surface area contributed by atoms with Crippen LogP contribution in [0.25, 0.3) is 0 Å². The van der Waals surface area contributed by atoms with Gasteiger partial charge in [-0.3, -0.25) is 14.4 Å². The van der Waals surface area contributed by atoms with Crippen molar-refractivity contribution in [3.05, 3.63) is 25.3 Å². The van der Waals surface area contributed by atoms with Gasteiger partial charge in [0.05, 0.1) is 18.1 Å². The average Bonchev–Trinajstić information content (AvgIpc) is 3.48. The maximum Gasteiger partial charge on any atom is 0.312 e. The summed E-state index contributed by atoms with van der Waals surface area (Å²) in [5.41, 5.74) is -1.86. The molecule has 1 aliphatic carbocycles. The van der Waals surface area contributed by atoms with Crippen LogP contribution >= 0.6 is 0 Å². The molecule has 4 fully saturated rings. The lowest BCUT2D eigenvalue weighted by Gasteiger charge is -2.40. The summed E-state index contributed by atoms with van der Waals surface area (Å²) in [6.45, 7) is 10.7. The number of aliphatic hydroxyl groups excluding tert-OH is 1. The Kier molecular flexibility index (Phi) is 9.35. The number of aliphatic hydroxyl groups is 1. The summed E-state index contributed by atoms with van der Waals surface area (Å²) in [4.78, 5) is 45.6. The number of nitrogens with zero attached hydrogens (tertiary/aromatic N) is 2. The van der Waals surface area contributed by atoms with Crippen LogP contribution in [0.1, 0.15) is 84.0 Å². The topological polar surface area (TPSA) is 96.4 Å². The molecule has 5 atom stereocenters. The van der Waals surface area contributed by atoms with E-state index in [9.17, 15) is 19.5 Å². The summed E-state index contributed by atoms with van der Waals surface area (Å²) < 4.78 is 12.4. The molecular weight excluding hydrogens is 484 g/mol. The van der Waals surface area contributed by atoms with Gasteiger partial charge < -0.3 is 24.4 Å². The minimum atomic E-state index is -1.03. The van der Waals surface area contributed by atoms with Gasteiger partial charge in [-0.15, -0.1) is 13.2 Å². The fourth-order valence-corrected chi connectivity index (χ4v) is 7.47. The van der Waals surface area contributed by atoms with E-state index < -0.39 is 35.0 Å². The van der Waals surface area contributed by atoms with Gasteiger partial charge in [-0.1, -0.05) is 31.4 Å². The van der Waals surface area contributed by atoms with Crippen LogP contribution in [-0.4, -0.2) is 82.3 Å². The van der Waals surface area contributed by atoms with Gasteiger partial charge in [-0.05, 0) is 64.7 Å². The Morgan fingerprint density at radius 1 is 1.13 bits per heavy atom. The van der Waals surface area contributed by atoms with Crippen molar-refractivity contribution in [1.29, 1.82) is 0 Å². The van der Waals surface area contributed by atoms with Crippen LogP contribution < -0.4 is 0 Å². The van der Waals surface area contributed by atoms with Crippen LogP contribution in [0.15, 0.2) is 25.3 Å². The lowest BCUT2D eigenvalue weighted by Crippen LogP contribution is -2.58. The van der Waals surface area contributed by atoms with Gasteiger partial charge in [0.1, 0.15) is 17.6 Å². The van der Waals surface area contributed by atoms with Crippen LogP contribution in [0.3, 0.4) is 0 Å². The zero-order chi connectivity index (χ0) is 27.3. The van der Waals surface area contributed by atoms with Gasteiger partial charge in [-0.25, -0.2) is 0 Å². The molecule has 38 heavy (non-hydrogen) atoms. The molecule has 0 aromatic heterocycles.